The summed E-state index contributed by atoms with van der Waals surface area (Å²) >= 11 is 0. The lowest BCUT2D eigenvalue weighted by Gasteiger charge is -2.08. The number of nitrogens with one attached hydrogen (secondary N) is 2. The Balaban J connectivity index is 3.24. The van der Waals surface area contributed by atoms with Gasteiger partial charge in [0.25, 0.3) is 0 Å². The average molecular weight is 286 g/mol. The molecule has 3 N–H and O–H groups in total. The van der Waals surface area contributed by atoms with E-state index < -0.39 is 5.97 Å². The zero-order chi connectivity index (χ0) is 15.2. The highest BCUT2D eigenvalue weighted by Gasteiger charge is 1.99. The van der Waals surface area contributed by atoms with E-state index in [9.17, 15) is 9.59 Å². The van der Waals surface area contributed by atoms with Crippen LogP contribution in [0.25, 0.3) is 0 Å². The summed E-state index contributed by atoms with van der Waals surface area (Å²) in [6.07, 6.45) is 3.58. The van der Waals surface area contributed by atoms with Crippen LogP contribution in [0.15, 0.2) is 12.2 Å². The SMILES string of the molecule is C=C(C)COCCNC(=O)NCCCCCCC(=O)O. The van der Waals surface area contributed by atoms with Crippen LogP contribution in [0, 0.1) is 0 Å². The summed E-state index contributed by atoms with van der Waals surface area (Å²) < 4.78 is 5.24. The van der Waals surface area contributed by atoms with Gasteiger partial charge in [-0.2, -0.15) is 0 Å². The number of carbonyl (C=O) groups excluding carboxylic acids is 1. The first kappa shape index (κ1) is 18.4. The molecular weight excluding hydrogens is 260 g/mol. The van der Waals surface area contributed by atoms with Crippen molar-refractivity contribution in [2.45, 2.75) is 39.0 Å². The number of unbranched alkanes of at least 4 members (excludes halogenated alkanes) is 3. The number of rotatable bonds is 12. The molecule has 2 amide bonds. The smallest absolute Gasteiger partial charge is 0.314 e. The monoisotopic (exact) mass is 286 g/mol. The Kier molecular flexibility index (Phi) is 11.5. The summed E-state index contributed by atoms with van der Waals surface area (Å²) in [7, 11) is 0. The van der Waals surface area contributed by atoms with Gasteiger partial charge >= 0.3 is 12.0 Å². The van der Waals surface area contributed by atoms with E-state index in [-0.39, 0.29) is 12.5 Å². The van der Waals surface area contributed by atoms with E-state index in [0.717, 1.165) is 24.8 Å². The van der Waals surface area contributed by atoms with E-state index in [4.69, 9.17) is 9.84 Å². The fourth-order valence-corrected chi connectivity index (χ4v) is 1.50. The highest BCUT2D eigenvalue weighted by atomic mass is 16.5. The lowest BCUT2D eigenvalue weighted by atomic mass is 10.1. The molecule has 6 heteroatoms. The predicted octanol–water partition coefficient (Wildman–Crippen LogP) is 1.91. The lowest BCUT2D eigenvalue weighted by Crippen LogP contribution is -2.37. The van der Waals surface area contributed by atoms with Crippen molar-refractivity contribution >= 4 is 12.0 Å². The third-order valence-electron chi connectivity index (χ3n) is 2.48. The number of carboxylic acids is 1. The first-order valence-electron chi connectivity index (χ1n) is 6.98. The molecule has 0 aromatic rings. The van der Waals surface area contributed by atoms with Crippen LogP contribution >= 0.6 is 0 Å². The van der Waals surface area contributed by atoms with Crippen molar-refractivity contribution in [3.05, 3.63) is 12.2 Å². The molecule has 0 saturated heterocycles. The Morgan fingerprint density at radius 3 is 2.40 bits per heavy atom. The number of amides is 2. The van der Waals surface area contributed by atoms with Gasteiger partial charge in [-0.1, -0.05) is 25.0 Å². The third-order valence-corrected chi connectivity index (χ3v) is 2.48. The molecule has 0 aromatic heterocycles. The summed E-state index contributed by atoms with van der Waals surface area (Å²) in [6.45, 7) is 7.65. The van der Waals surface area contributed by atoms with Crippen molar-refractivity contribution in [1.82, 2.24) is 10.6 Å². The van der Waals surface area contributed by atoms with Crippen molar-refractivity contribution in [2.24, 2.45) is 0 Å². The number of aliphatic carboxylic acids is 1. The highest BCUT2D eigenvalue weighted by molar-refractivity contribution is 5.73. The molecule has 0 rings (SSSR count). The predicted molar refractivity (Wildman–Crippen MR) is 77.8 cm³/mol. The van der Waals surface area contributed by atoms with Crippen LogP contribution < -0.4 is 10.6 Å². The Hall–Kier alpha value is -1.56. The molecule has 0 atom stereocenters. The number of urea groups is 1. The molecule has 0 unspecified atom stereocenters. The van der Waals surface area contributed by atoms with Crippen molar-refractivity contribution in [1.29, 1.82) is 0 Å². The highest BCUT2D eigenvalue weighted by Crippen LogP contribution is 2.01. The minimum absolute atomic E-state index is 0.200. The molecule has 0 fully saturated rings. The number of carbonyl (C=O) groups is 2. The third kappa shape index (κ3) is 14.5. The van der Waals surface area contributed by atoms with Gasteiger partial charge in [-0.05, 0) is 19.8 Å². The van der Waals surface area contributed by atoms with Gasteiger partial charge in [-0.25, -0.2) is 4.79 Å². The summed E-state index contributed by atoms with van der Waals surface area (Å²) in [5.74, 6) is -0.753. The Labute approximate surface area is 120 Å². The number of hydrogen-bond donors (Lipinski definition) is 3. The second-order valence-electron chi connectivity index (χ2n) is 4.75. The lowest BCUT2D eigenvalue weighted by molar-refractivity contribution is -0.137. The van der Waals surface area contributed by atoms with Crippen molar-refractivity contribution in [2.75, 3.05) is 26.3 Å². The standard InChI is InChI=1S/C14H26N2O4/c1-12(2)11-20-10-9-16-14(19)15-8-6-4-3-5-7-13(17)18/h1,3-11H2,2H3,(H,17,18)(H2,15,16,19). The van der Waals surface area contributed by atoms with E-state index in [0.29, 0.717) is 32.7 Å². The molecule has 0 bridgehead atoms. The molecule has 20 heavy (non-hydrogen) atoms. The van der Waals surface area contributed by atoms with Crippen molar-refractivity contribution in [3.63, 3.8) is 0 Å². The maximum Gasteiger partial charge on any atom is 0.314 e. The fraction of sp³-hybridized carbons (Fsp3) is 0.714. The minimum atomic E-state index is -0.753. The quantitative estimate of drug-likeness (QED) is 0.378. The topological polar surface area (TPSA) is 87.7 Å². The van der Waals surface area contributed by atoms with E-state index in [2.05, 4.69) is 17.2 Å². The molecule has 0 spiro atoms. The fourth-order valence-electron chi connectivity index (χ4n) is 1.50. The van der Waals surface area contributed by atoms with Crippen LogP contribution in [-0.4, -0.2) is 43.4 Å². The summed E-state index contributed by atoms with van der Waals surface area (Å²) in [4.78, 5) is 21.6. The minimum Gasteiger partial charge on any atom is -0.481 e. The Morgan fingerprint density at radius 2 is 1.75 bits per heavy atom. The molecule has 0 heterocycles. The molecule has 0 saturated carbocycles. The van der Waals surface area contributed by atoms with E-state index in [1.807, 2.05) is 6.92 Å². The number of ether oxygens (including phenoxy) is 1. The first-order valence-corrected chi connectivity index (χ1v) is 6.98. The van der Waals surface area contributed by atoms with Gasteiger partial charge in [0.2, 0.25) is 0 Å². The van der Waals surface area contributed by atoms with Crippen LogP contribution in [0.3, 0.4) is 0 Å². The average Bonchev–Trinajstić information content (AvgIpc) is 2.36. The molecule has 6 nitrogen and oxygen atoms in total. The molecule has 0 aromatic carbocycles. The number of hydrogen-bond acceptors (Lipinski definition) is 3. The summed E-state index contributed by atoms with van der Waals surface area (Å²) in [5, 5.41) is 13.9. The number of carboxylic acid groups (broad SMARTS) is 1. The molecule has 116 valence electrons. The van der Waals surface area contributed by atoms with E-state index >= 15 is 0 Å². The molecule has 0 aliphatic heterocycles. The van der Waals surface area contributed by atoms with Crippen LogP contribution in [-0.2, 0) is 9.53 Å². The Morgan fingerprint density at radius 1 is 1.10 bits per heavy atom. The molecule has 0 aliphatic carbocycles. The first-order chi connectivity index (χ1) is 9.52. The largest absolute Gasteiger partial charge is 0.481 e. The summed E-state index contributed by atoms with van der Waals surface area (Å²) in [5.41, 5.74) is 0.956. The van der Waals surface area contributed by atoms with Crippen molar-refractivity contribution in [3.8, 4) is 0 Å². The molecule has 0 aliphatic rings. The second kappa shape index (κ2) is 12.5. The van der Waals surface area contributed by atoms with E-state index in [1.165, 1.54) is 0 Å². The van der Waals surface area contributed by atoms with Gasteiger partial charge in [-0.3, -0.25) is 4.79 Å². The maximum atomic E-state index is 11.3. The summed E-state index contributed by atoms with van der Waals surface area (Å²) in [6, 6.07) is -0.200. The zero-order valence-electron chi connectivity index (χ0n) is 12.2. The van der Waals surface area contributed by atoms with Gasteiger partial charge < -0.3 is 20.5 Å². The molecule has 0 radical (unpaired) electrons. The van der Waals surface area contributed by atoms with Gasteiger partial charge in [-0.15, -0.1) is 0 Å². The van der Waals surface area contributed by atoms with Crippen LogP contribution in [0.4, 0.5) is 4.79 Å². The van der Waals surface area contributed by atoms with Crippen molar-refractivity contribution < 1.29 is 19.4 Å². The van der Waals surface area contributed by atoms with Crippen LogP contribution in [0.1, 0.15) is 39.0 Å². The maximum absolute atomic E-state index is 11.3. The van der Waals surface area contributed by atoms with Crippen LogP contribution in [0.2, 0.25) is 0 Å². The van der Waals surface area contributed by atoms with E-state index in [1.54, 1.807) is 0 Å². The zero-order valence-corrected chi connectivity index (χ0v) is 12.2. The molecular formula is C14H26N2O4. The normalized spacial score (nSPS) is 10.1. The Bertz CT molecular complexity index is 306. The second-order valence-corrected chi connectivity index (χ2v) is 4.75. The van der Waals surface area contributed by atoms with Gasteiger partial charge in [0.15, 0.2) is 0 Å². The van der Waals surface area contributed by atoms with Gasteiger partial charge in [0, 0.05) is 19.5 Å². The van der Waals surface area contributed by atoms with Crippen LogP contribution in [0.5, 0.6) is 0 Å². The van der Waals surface area contributed by atoms with Gasteiger partial charge in [0.1, 0.15) is 0 Å². The van der Waals surface area contributed by atoms with Gasteiger partial charge in [0.05, 0.1) is 13.2 Å².